The van der Waals surface area contributed by atoms with Gasteiger partial charge in [-0.1, -0.05) is 27.7 Å². The van der Waals surface area contributed by atoms with Crippen molar-refractivity contribution in [1.82, 2.24) is 10.2 Å². The zero-order valence-corrected chi connectivity index (χ0v) is 14.1. The van der Waals surface area contributed by atoms with Gasteiger partial charge < -0.3 is 10.1 Å². The van der Waals surface area contributed by atoms with E-state index in [-0.39, 0.29) is 0 Å². The van der Waals surface area contributed by atoms with Gasteiger partial charge in [0.2, 0.25) is 0 Å². The van der Waals surface area contributed by atoms with Crippen LogP contribution in [0.5, 0.6) is 0 Å². The van der Waals surface area contributed by atoms with Crippen molar-refractivity contribution >= 4 is 0 Å². The second kappa shape index (κ2) is 10.6. The summed E-state index contributed by atoms with van der Waals surface area (Å²) in [4.78, 5) is 2.56. The molecule has 19 heavy (non-hydrogen) atoms. The largest absolute Gasteiger partial charge is 0.383 e. The average Bonchev–Trinajstić information content (AvgIpc) is 2.43. The van der Waals surface area contributed by atoms with E-state index < -0.39 is 0 Å². The van der Waals surface area contributed by atoms with Crippen LogP contribution in [-0.2, 0) is 4.74 Å². The van der Waals surface area contributed by atoms with E-state index in [1.807, 2.05) is 0 Å². The van der Waals surface area contributed by atoms with Gasteiger partial charge in [-0.25, -0.2) is 0 Å². The van der Waals surface area contributed by atoms with Crippen molar-refractivity contribution in [2.45, 2.75) is 59.9 Å². The third kappa shape index (κ3) is 6.73. The van der Waals surface area contributed by atoms with Crippen molar-refractivity contribution in [3.63, 3.8) is 0 Å². The number of nitrogens with zero attached hydrogens (tertiary/aromatic N) is 1. The molecular formula is C16H36N2O. The number of hydrogen-bond donors (Lipinski definition) is 1. The maximum Gasteiger partial charge on any atom is 0.0615 e. The van der Waals surface area contributed by atoms with Gasteiger partial charge in [-0.2, -0.15) is 0 Å². The molecule has 0 aliphatic rings. The molecule has 1 unspecified atom stereocenters. The van der Waals surface area contributed by atoms with Crippen LogP contribution in [0.3, 0.4) is 0 Å². The lowest BCUT2D eigenvalue weighted by atomic mass is 9.81. The first-order chi connectivity index (χ1) is 9.09. The minimum absolute atomic E-state index is 0.396. The Kier molecular flexibility index (Phi) is 10.6. The van der Waals surface area contributed by atoms with Crippen LogP contribution < -0.4 is 5.32 Å². The summed E-state index contributed by atoms with van der Waals surface area (Å²) in [6, 6.07) is 0.499. The van der Waals surface area contributed by atoms with Crippen molar-refractivity contribution < 1.29 is 4.74 Å². The third-order valence-corrected chi connectivity index (χ3v) is 4.40. The molecular weight excluding hydrogens is 236 g/mol. The predicted molar refractivity (Wildman–Crippen MR) is 84.8 cm³/mol. The molecule has 0 aromatic heterocycles. The number of hydrogen-bond acceptors (Lipinski definition) is 3. The first kappa shape index (κ1) is 18.9. The lowest BCUT2D eigenvalue weighted by Crippen LogP contribution is -2.47. The maximum atomic E-state index is 5.31. The molecule has 0 aromatic carbocycles. The molecule has 0 aliphatic heterocycles. The van der Waals surface area contributed by atoms with E-state index in [0.29, 0.717) is 11.5 Å². The minimum atomic E-state index is 0.396. The van der Waals surface area contributed by atoms with E-state index in [2.05, 4.69) is 44.8 Å². The monoisotopic (exact) mass is 272 g/mol. The molecule has 0 aliphatic carbocycles. The van der Waals surface area contributed by atoms with Crippen LogP contribution in [-0.4, -0.2) is 50.8 Å². The van der Waals surface area contributed by atoms with Crippen LogP contribution >= 0.6 is 0 Å². The van der Waals surface area contributed by atoms with E-state index in [9.17, 15) is 0 Å². The minimum Gasteiger partial charge on any atom is -0.383 e. The molecule has 0 saturated heterocycles. The van der Waals surface area contributed by atoms with E-state index in [0.717, 1.165) is 32.8 Å². The van der Waals surface area contributed by atoms with Crippen molar-refractivity contribution in [3.05, 3.63) is 0 Å². The van der Waals surface area contributed by atoms with Crippen LogP contribution in [0, 0.1) is 5.41 Å². The standard InChI is InChI=1S/C16H36N2O/c1-7-11-17-13-16(8-2,9-3)14-18(10-4)15(5)12-19-6/h15,17H,7-14H2,1-6H3. The molecule has 0 rings (SSSR count). The maximum absolute atomic E-state index is 5.31. The Balaban J connectivity index is 4.58. The number of ether oxygens (including phenoxy) is 1. The molecule has 0 spiro atoms. The fourth-order valence-electron chi connectivity index (χ4n) is 2.67. The molecule has 3 heteroatoms. The van der Waals surface area contributed by atoms with Crippen LogP contribution in [0.15, 0.2) is 0 Å². The van der Waals surface area contributed by atoms with Gasteiger partial charge in [0.15, 0.2) is 0 Å². The molecule has 1 N–H and O–H groups in total. The molecule has 0 saturated carbocycles. The summed E-state index contributed by atoms with van der Waals surface area (Å²) in [6.45, 7) is 16.7. The molecule has 0 heterocycles. The summed E-state index contributed by atoms with van der Waals surface area (Å²) in [5.74, 6) is 0. The highest BCUT2D eigenvalue weighted by molar-refractivity contribution is 4.84. The highest BCUT2D eigenvalue weighted by Gasteiger charge is 2.29. The Hall–Kier alpha value is -0.120. The Morgan fingerprint density at radius 3 is 2.21 bits per heavy atom. The van der Waals surface area contributed by atoms with Gasteiger partial charge in [0.05, 0.1) is 6.61 Å². The molecule has 0 aromatic rings. The summed E-state index contributed by atoms with van der Waals surface area (Å²) in [5.41, 5.74) is 0.396. The third-order valence-electron chi connectivity index (χ3n) is 4.40. The summed E-state index contributed by atoms with van der Waals surface area (Å²) in [6.07, 6.45) is 3.67. The van der Waals surface area contributed by atoms with Crippen molar-refractivity contribution in [3.8, 4) is 0 Å². The summed E-state index contributed by atoms with van der Waals surface area (Å²) in [7, 11) is 1.79. The molecule has 116 valence electrons. The van der Waals surface area contributed by atoms with Crippen LogP contribution in [0.1, 0.15) is 53.9 Å². The Bertz CT molecular complexity index is 205. The molecule has 1 atom stereocenters. The molecule has 0 amide bonds. The quantitative estimate of drug-likeness (QED) is 0.552. The average molecular weight is 272 g/mol. The van der Waals surface area contributed by atoms with Crippen LogP contribution in [0.4, 0.5) is 0 Å². The van der Waals surface area contributed by atoms with Crippen molar-refractivity contribution in [2.24, 2.45) is 5.41 Å². The Morgan fingerprint density at radius 2 is 1.79 bits per heavy atom. The van der Waals surface area contributed by atoms with E-state index in [1.54, 1.807) is 7.11 Å². The van der Waals surface area contributed by atoms with Gasteiger partial charge in [0.1, 0.15) is 0 Å². The van der Waals surface area contributed by atoms with Gasteiger partial charge in [0.25, 0.3) is 0 Å². The SMILES string of the molecule is CCCNCC(CC)(CC)CN(CC)C(C)COC. The topological polar surface area (TPSA) is 24.5 Å². The second-order valence-corrected chi connectivity index (χ2v) is 5.75. The van der Waals surface area contributed by atoms with Crippen LogP contribution in [0.25, 0.3) is 0 Å². The normalized spacial score (nSPS) is 14.1. The Labute approximate surface area is 121 Å². The number of rotatable bonds is 12. The number of nitrogens with one attached hydrogen (secondary N) is 1. The summed E-state index contributed by atoms with van der Waals surface area (Å²) in [5, 5.41) is 3.62. The first-order valence-electron chi connectivity index (χ1n) is 8.02. The smallest absolute Gasteiger partial charge is 0.0615 e. The zero-order chi connectivity index (χ0) is 14.7. The predicted octanol–water partition coefficient (Wildman–Crippen LogP) is 3.15. The van der Waals surface area contributed by atoms with Crippen molar-refractivity contribution in [2.75, 3.05) is 39.9 Å². The van der Waals surface area contributed by atoms with E-state index in [4.69, 9.17) is 4.74 Å². The molecule has 3 nitrogen and oxygen atoms in total. The van der Waals surface area contributed by atoms with Gasteiger partial charge in [-0.3, -0.25) is 4.90 Å². The summed E-state index contributed by atoms with van der Waals surface area (Å²) >= 11 is 0. The second-order valence-electron chi connectivity index (χ2n) is 5.75. The van der Waals surface area contributed by atoms with Gasteiger partial charge >= 0.3 is 0 Å². The Morgan fingerprint density at radius 1 is 1.16 bits per heavy atom. The lowest BCUT2D eigenvalue weighted by Gasteiger charge is -2.39. The first-order valence-corrected chi connectivity index (χ1v) is 8.02. The fourth-order valence-corrected chi connectivity index (χ4v) is 2.67. The molecule has 0 radical (unpaired) electrons. The number of likely N-dealkylation sites (N-methyl/N-ethyl adjacent to an activating group) is 1. The van der Waals surface area contributed by atoms with Gasteiger partial charge in [-0.05, 0) is 44.7 Å². The number of methoxy groups -OCH3 is 1. The highest BCUT2D eigenvalue weighted by Crippen LogP contribution is 2.27. The molecule has 0 bridgehead atoms. The van der Waals surface area contributed by atoms with Crippen LogP contribution in [0.2, 0.25) is 0 Å². The highest BCUT2D eigenvalue weighted by atomic mass is 16.5. The zero-order valence-electron chi connectivity index (χ0n) is 14.1. The van der Waals surface area contributed by atoms with E-state index in [1.165, 1.54) is 19.3 Å². The van der Waals surface area contributed by atoms with Crippen molar-refractivity contribution in [1.29, 1.82) is 0 Å². The summed E-state index contributed by atoms with van der Waals surface area (Å²) < 4.78 is 5.31. The molecule has 0 fully saturated rings. The van der Waals surface area contributed by atoms with E-state index >= 15 is 0 Å². The van der Waals surface area contributed by atoms with Gasteiger partial charge in [-0.15, -0.1) is 0 Å². The fraction of sp³-hybridized carbons (Fsp3) is 1.00. The van der Waals surface area contributed by atoms with Gasteiger partial charge in [0, 0.05) is 26.2 Å². The lowest BCUT2D eigenvalue weighted by molar-refractivity contribution is 0.0613.